The van der Waals surface area contributed by atoms with Gasteiger partial charge in [-0.25, -0.2) is 0 Å². The first-order chi connectivity index (χ1) is 9.63. The minimum absolute atomic E-state index is 0.278. The monoisotopic (exact) mass is 282 g/mol. The molecule has 102 valence electrons. The third kappa shape index (κ3) is 2.63. The normalized spacial score (nSPS) is 18.1. The van der Waals surface area contributed by atoms with Crippen molar-refractivity contribution in [3.63, 3.8) is 0 Å². The molecule has 20 heavy (non-hydrogen) atoms. The van der Waals surface area contributed by atoms with Crippen molar-refractivity contribution in [2.45, 2.75) is 26.8 Å². The average Bonchev–Trinajstić information content (AvgIpc) is 2.88. The van der Waals surface area contributed by atoms with E-state index in [0.29, 0.717) is 0 Å². The Morgan fingerprint density at radius 2 is 1.95 bits per heavy atom. The Labute approximate surface area is 124 Å². The van der Waals surface area contributed by atoms with Crippen LogP contribution in [0.5, 0.6) is 0 Å². The summed E-state index contributed by atoms with van der Waals surface area (Å²) in [4.78, 5) is 9.27. The molecule has 1 unspecified atom stereocenters. The van der Waals surface area contributed by atoms with Crippen molar-refractivity contribution < 1.29 is 0 Å². The van der Waals surface area contributed by atoms with Crippen molar-refractivity contribution in [3.8, 4) is 11.3 Å². The van der Waals surface area contributed by atoms with Gasteiger partial charge in [0.05, 0.1) is 16.8 Å². The number of rotatable bonds is 2. The van der Waals surface area contributed by atoms with Crippen LogP contribution in [0.2, 0.25) is 0 Å². The standard InChI is InChI=1S/C17H18N2S/c1-11-4-5-12(2)15(8-11)16-7-6-14(9-18-16)17-10-20-13(3)19-17/h4-9,17H,10H2,1-3H3. The zero-order valence-electron chi connectivity index (χ0n) is 12.1. The van der Waals surface area contributed by atoms with Crippen LogP contribution in [0.3, 0.4) is 0 Å². The molecule has 2 heterocycles. The number of hydrogen-bond acceptors (Lipinski definition) is 3. The van der Waals surface area contributed by atoms with Gasteiger partial charge in [-0.3, -0.25) is 9.98 Å². The molecule has 0 radical (unpaired) electrons. The summed E-state index contributed by atoms with van der Waals surface area (Å²) in [6, 6.07) is 11.1. The van der Waals surface area contributed by atoms with Gasteiger partial charge in [0.1, 0.15) is 0 Å². The van der Waals surface area contributed by atoms with Crippen LogP contribution in [-0.4, -0.2) is 15.8 Å². The molecule has 0 bridgehead atoms. The first kappa shape index (κ1) is 13.4. The Hall–Kier alpha value is -1.61. The molecule has 0 saturated heterocycles. The van der Waals surface area contributed by atoms with Gasteiger partial charge < -0.3 is 0 Å². The smallest absolute Gasteiger partial charge is 0.0867 e. The second-order valence-corrected chi connectivity index (χ2v) is 6.48. The summed E-state index contributed by atoms with van der Waals surface area (Å²) in [5, 5.41) is 1.17. The van der Waals surface area contributed by atoms with E-state index in [9.17, 15) is 0 Å². The predicted octanol–water partition coefficient (Wildman–Crippen LogP) is 4.57. The highest BCUT2D eigenvalue weighted by molar-refractivity contribution is 8.14. The number of nitrogens with zero attached hydrogens (tertiary/aromatic N) is 2. The number of pyridine rings is 1. The van der Waals surface area contributed by atoms with Gasteiger partial charge in [-0.2, -0.15) is 0 Å². The first-order valence-corrected chi connectivity index (χ1v) is 7.83. The lowest BCUT2D eigenvalue weighted by atomic mass is 10.0. The van der Waals surface area contributed by atoms with Crippen LogP contribution in [0.4, 0.5) is 0 Å². The quantitative estimate of drug-likeness (QED) is 0.806. The van der Waals surface area contributed by atoms with E-state index in [-0.39, 0.29) is 6.04 Å². The van der Waals surface area contributed by atoms with Gasteiger partial charge in [-0.15, -0.1) is 11.8 Å². The van der Waals surface area contributed by atoms with Crippen molar-refractivity contribution in [1.29, 1.82) is 0 Å². The van der Waals surface area contributed by atoms with E-state index < -0.39 is 0 Å². The summed E-state index contributed by atoms with van der Waals surface area (Å²) in [7, 11) is 0. The molecular formula is C17H18N2S. The molecule has 1 aliphatic heterocycles. The molecule has 3 heteroatoms. The predicted molar refractivity (Wildman–Crippen MR) is 87.5 cm³/mol. The van der Waals surface area contributed by atoms with Crippen molar-refractivity contribution in [1.82, 2.24) is 4.98 Å². The molecule has 2 nitrogen and oxygen atoms in total. The highest BCUT2D eigenvalue weighted by Crippen LogP contribution is 2.31. The van der Waals surface area contributed by atoms with Crippen LogP contribution >= 0.6 is 11.8 Å². The van der Waals surface area contributed by atoms with Crippen LogP contribution in [0.1, 0.15) is 29.7 Å². The Kier molecular flexibility index (Phi) is 3.62. The van der Waals surface area contributed by atoms with Crippen LogP contribution in [-0.2, 0) is 0 Å². The summed E-state index contributed by atoms with van der Waals surface area (Å²) in [5.41, 5.74) is 6.01. The van der Waals surface area contributed by atoms with Crippen LogP contribution in [0.25, 0.3) is 11.3 Å². The maximum absolute atomic E-state index is 4.64. The van der Waals surface area contributed by atoms with E-state index in [2.05, 4.69) is 61.1 Å². The highest BCUT2D eigenvalue weighted by Gasteiger charge is 2.17. The molecule has 0 spiro atoms. The van der Waals surface area contributed by atoms with Gasteiger partial charge in [-0.05, 0) is 44.0 Å². The van der Waals surface area contributed by atoms with E-state index in [1.54, 1.807) is 0 Å². The largest absolute Gasteiger partial charge is 0.274 e. The van der Waals surface area contributed by atoms with Gasteiger partial charge >= 0.3 is 0 Å². The third-order valence-corrected chi connectivity index (χ3v) is 4.63. The maximum Gasteiger partial charge on any atom is 0.0867 e. The van der Waals surface area contributed by atoms with E-state index >= 15 is 0 Å². The summed E-state index contributed by atoms with van der Waals surface area (Å²) >= 11 is 1.83. The fraction of sp³-hybridized carbons (Fsp3) is 0.294. The van der Waals surface area contributed by atoms with Gasteiger partial charge in [0.25, 0.3) is 0 Å². The lowest BCUT2D eigenvalue weighted by molar-refractivity contribution is 0.842. The molecule has 0 fully saturated rings. The molecule has 0 N–H and O–H groups in total. The third-order valence-electron chi connectivity index (χ3n) is 3.63. The summed E-state index contributed by atoms with van der Waals surface area (Å²) in [6.45, 7) is 6.32. The second-order valence-electron chi connectivity index (χ2n) is 5.27. The van der Waals surface area contributed by atoms with Gasteiger partial charge in [0.2, 0.25) is 0 Å². The van der Waals surface area contributed by atoms with Gasteiger partial charge in [-0.1, -0.05) is 23.8 Å². The van der Waals surface area contributed by atoms with E-state index in [4.69, 9.17) is 0 Å². The molecule has 1 atom stereocenters. The molecular weight excluding hydrogens is 264 g/mol. The van der Waals surface area contributed by atoms with Crippen molar-refractivity contribution in [2.75, 3.05) is 5.75 Å². The van der Waals surface area contributed by atoms with E-state index in [1.807, 2.05) is 18.0 Å². The highest BCUT2D eigenvalue weighted by atomic mass is 32.2. The van der Waals surface area contributed by atoms with E-state index in [1.165, 1.54) is 27.3 Å². The molecule has 1 aliphatic rings. The molecule has 0 amide bonds. The SMILES string of the molecule is CC1=NC(c2ccc(-c3cc(C)ccc3C)nc2)CS1. The molecule has 2 aromatic rings. The number of aromatic nitrogens is 1. The topological polar surface area (TPSA) is 25.2 Å². The number of hydrogen-bond donors (Lipinski definition) is 0. The van der Waals surface area contributed by atoms with Gasteiger partial charge in [0.15, 0.2) is 0 Å². The average molecular weight is 282 g/mol. The van der Waals surface area contributed by atoms with Crippen LogP contribution in [0, 0.1) is 13.8 Å². The second kappa shape index (κ2) is 5.41. The lowest BCUT2D eigenvalue weighted by Gasteiger charge is -2.09. The summed E-state index contributed by atoms with van der Waals surface area (Å²) in [5.74, 6) is 1.04. The van der Waals surface area contributed by atoms with Crippen LogP contribution < -0.4 is 0 Å². The van der Waals surface area contributed by atoms with Crippen molar-refractivity contribution in [3.05, 3.63) is 53.2 Å². The Morgan fingerprint density at radius 1 is 1.10 bits per heavy atom. The van der Waals surface area contributed by atoms with E-state index in [0.717, 1.165) is 11.4 Å². The minimum Gasteiger partial charge on any atom is -0.274 e. The molecule has 0 aliphatic carbocycles. The first-order valence-electron chi connectivity index (χ1n) is 6.84. The minimum atomic E-state index is 0.278. The Bertz CT molecular complexity index is 659. The number of aliphatic imine (C=N–C) groups is 1. The van der Waals surface area contributed by atoms with Crippen molar-refractivity contribution >= 4 is 16.8 Å². The number of thioether (sulfide) groups is 1. The fourth-order valence-corrected chi connectivity index (χ4v) is 3.31. The zero-order valence-corrected chi connectivity index (χ0v) is 12.9. The zero-order chi connectivity index (χ0) is 14.1. The molecule has 0 saturated carbocycles. The van der Waals surface area contributed by atoms with Crippen LogP contribution in [0.15, 0.2) is 41.5 Å². The summed E-state index contributed by atoms with van der Waals surface area (Å²) < 4.78 is 0. The molecule has 3 rings (SSSR count). The Morgan fingerprint density at radius 3 is 2.60 bits per heavy atom. The number of benzene rings is 1. The van der Waals surface area contributed by atoms with Gasteiger partial charge in [0, 0.05) is 17.5 Å². The summed E-state index contributed by atoms with van der Waals surface area (Å²) in [6.07, 6.45) is 1.98. The molecule has 1 aromatic carbocycles. The van der Waals surface area contributed by atoms with Crippen molar-refractivity contribution in [2.24, 2.45) is 4.99 Å². The number of aryl methyl sites for hydroxylation is 2. The fourth-order valence-electron chi connectivity index (χ4n) is 2.44. The molecule has 1 aromatic heterocycles. The lowest BCUT2D eigenvalue weighted by Crippen LogP contribution is -1.96. The Balaban J connectivity index is 1.91. The maximum atomic E-state index is 4.64.